The first-order valence-electron chi connectivity index (χ1n) is 7.59. The summed E-state index contributed by atoms with van der Waals surface area (Å²) in [5.74, 6) is 2.78. The molecule has 0 amide bonds. The van der Waals surface area contributed by atoms with E-state index in [2.05, 4.69) is 48.0 Å². The van der Waals surface area contributed by atoms with Crippen LogP contribution >= 0.6 is 39.7 Å². The zero-order valence-electron chi connectivity index (χ0n) is 12.0. The quantitative estimate of drug-likeness (QED) is 0.304. The second-order valence-electron chi connectivity index (χ2n) is 4.96. The summed E-state index contributed by atoms with van der Waals surface area (Å²) in [6.07, 6.45) is 13.0. The van der Waals surface area contributed by atoms with Gasteiger partial charge in [0.15, 0.2) is 0 Å². The van der Waals surface area contributed by atoms with Crippen LogP contribution in [0.5, 0.6) is 0 Å². The summed E-state index contributed by atoms with van der Waals surface area (Å²) in [4.78, 5) is 0. The van der Waals surface area contributed by atoms with E-state index in [1.807, 2.05) is 0 Å². The Balaban J connectivity index is 2.22. The molecule has 1 saturated carbocycles. The van der Waals surface area contributed by atoms with Crippen molar-refractivity contribution in [3.05, 3.63) is 0 Å². The number of hydrogen-bond donors (Lipinski definition) is 0. The van der Waals surface area contributed by atoms with Crippen molar-refractivity contribution in [1.82, 2.24) is 0 Å². The zero-order valence-corrected chi connectivity index (χ0v) is 15.4. The second-order valence-corrected chi connectivity index (χ2v) is 15.2. The van der Waals surface area contributed by atoms with Gasteiger partial charge < -0.3 is 0 Å². The lowest BCUT2D eigenvalue weighted by atomic mass is 10.0. The molecule has 0 aromatic carbocycles. The average molecular weight is 325 g/mol. The Hall–Kier alpha value is 1.48. The highest BCUT2D eigenvalue weighted by molar-refractivity contribution is 9.12. The van der Waals surface area contributed by atoms with Gasteiger partial charge in [0.25, 0.3) is 0 Å². The second kappa shape index (κ2) is 12.2. The van der Waals surface area contributed by atoms with E-state index in [0.717, 1.165) is 5.25 Å². The maximum Gasteiger partial charge on any atom is 0.0731 e. The highest BCUT2D eigenvalue weighted by Crippen LogP contribution is 2.72. The van der Waals surface area contributed by atoms with Crippen LogP contribution in [-0.4, -0.2) is 16.8 Å². The SMILES string of the molecule is CCCCSP(SCCCC)SC1CCCCC1. The molecule has 0 saturated heterocycles. The predicted octanol–water partition coefficient (Wildman–Crippen LogP) is 7.35. The van der Waals surface area contributed by atoms with Crippen LogP contribution in [0, 0.1) is 0 Å². The van der Waals surface area contributed by atoms with E-state index >= 15 is 0 Å². The molecule has 0 bridgehead atoms. The van der Waals surface area contributed by atoms with Crippen LogP contribution in [0.25, 0.3) is 0 Å². The number of rotatable bonds is 10. The summed E-state index contributed by atoms with van der Waals surface area (Å²) in [6.45, 7) is 4.61. The fraction of sp³-hybridized carbons (Fsp3) is 1.00. The molecule has 0 aromatic heterocycles. The Labute approximate surface area is 128 Å². The Kier molecular flexibility index (Phi) is 11.9. The van der Waals surface area contributed by atoms with Gasteiger partial charge in [0.1, 0.15) is 0 Å². The highest BCUT2D eigenvalue weighted by Gasteiger charge is 2.20. The average Bonchev–Trinajstić information content (AvgIpc) is 2.40. The van der Waals surface area contributed by atoms with E-state index in [0.29, 0.717) is 0 Å². The third-order valence-electron chi connectivity index (χ3n) is 3.18. The highest BCUT2D eigenvalue weighted by atomic mass is 33.4. The van der Waals surface area contributed by atoms with Crippen LogP contribution in [0.15, 0.2) is 0 Å². The first kappa shape index (κ1) is 17.5. The van der Waals surface area contributed by atoms with E-state index < -0.39 is 0 Å². The minimum atomic E-state index is 0.143. The van der Waals surface area contributed by atoms with Gasteiger partial charge in [0.2, 0.25) is 0 Å². The Morgan fingerprint density at radius 1 is 0.889 bits per heavy atom. The minimum Gasteiger partial charge on any atom is -0.112 e. The zero-order chi connectivity index (χ0) is 13.1. The van der Waals surface area contributed by atoms with Crippen LogP contribution in [0.2, 0.25) is 0 Å². The van der Waals surface area contributed by atoms with Crippen molar-refractivity contribution in [3.63, 3.8) is 0 Å². The van der Waals surface area contributed by atoms with Crippen molar-refractivity contribution in [2.24, 2.45) is 0 Å². The Morgan fingerprint density at radius 3 is 1.94 bits per heavy atom. The van der Waals surface area contributed by atoms with Crippen LogP contribution < -0.4 is 0 Å². The van der Waals surface area contributed by atoms with Crippen LogP contribution in [-0.2, 0) is 0 Å². The number of hydrogen-bond acceptors (Lipinski definition) is 3. The molecule has 0 nitrogen and oxygen atoms in total. The van der Waals surface area contributed by atoms with E-state index in [1.165, 1.54) is 69.3 Å². The van der Waals surface area contributed by atoms with Crippen LogP contribution in [0.4, 0.5) is 0 Å². The summed E-state index contributed by atoms with van der Waals surface area (Å²) in [7, 11) is 0. The van der Waals surface area contributed by atoms with Gasteiger partial charge in [-0.15, -0.1) is 34.1 Å². The van der Waals surface area contributed by atoms with Crippen LogP contribution in [0.3, 0.4) is 0 Å². The molecule has 0 radical (unpaired) electrons. The van der Waals surface area contributed by atoms with Crippen molar-refractivity contribution in [1.29, 1.82) is 0 Å². The molecule has 1 aliphatic carbocycles. The molecule has 18 heavy (non-hydrogen) atoms. The summed E-state index contributed by atoms with van der Waals surface area (Å²) in [6, 6.07) is 0. The molecule has 0 spiro atoms. The van der Waals surface area contributed by atoms with Gasteiger partial charge >= 0.3 is 0 Å². The summed E-state index contributed by atoms with van der Waals surface area (Å²) in [5, 5.41) is 0.994. The molecule has 1 fully saturated rings. The summed E-state index contributed by atoms with van der Waals surface area (Å²) >= 11 is 6.92. The molecular formula is C14H29PS3. The van der Waals surface area contributed by atoms with Gasteiger partial charge in [-0.25, -0.2) is 0 Å². The third kappa shape index (κ3) is 8.61. The molecule has 0 atom stereocenters. The molecule has 0 unspecified atom stereocenters. The topological polar surface area (TPSA) is 0 Å². The molecule has 0 aromatic rings. The van der Waals surface area contributed by atoms with E-state index in [-0.39, 0.29) is 5.53 Å². The predicted molar refractivity (Wildman–Crippen MR) is 96.1 cm³/mol. The Bertz CT molecular complexity index is 174. The van der Waals surface area contributed by atoms with E-state index in [1.54, 1.807) is 0 Å². The van der Waals surface area contributed by atoms with Gasteiger partial charge in [-0.1, -0.05) is 46.0 Å². The van der Waals surface area contributed by atoms with Gasteiger partial charge in [-0.3, -0.25) is 0 Å². The fourth-order valence-corrected chi connectivity index (χ4v) is 14.3. The standard InChI is InChI=1S/C14H29PS3/c1-3-5-12-16-15(17-13-6-4-2)18-14-10-8-7-9-11-14/h14H,3-13H2,1-2H3. The molecule has 0 aliphatic heterocycles. The molecule has 108 valence electrons. The van der Waals surface area contributed by atoms with E-state index in [9.17, 15) is 0 Å². The van der Waals surface area contributed by atoms with Crippen LogP contribution in [0.1, 0.15) is 71.6 Å². The number of unbranched alkanes of at least 4 members (excludes halogenated alkanes) is 2. The molecule has 0 heterocycles. The van der Waals surface area contributed by atoms with Crippen molar-refractivity contribution in [3.8, 4) is 0 Å². The smallest absolute Gasteiger partial charge is 0.0731 e. The maximum absolute atomic E-state index is 2.36. The first-order valence-corrected chi connectivity index (χ1v) is 13.6. The van der Waals surface area contributed by atoms with Crippen molar-refractivity contribution in [2.45, 2.75) is 76.9 Å². The van der Waals surface area contributed by atoms with Crippen molar-refractivity contribution in [2.75, 3.05) is 11.5 Å². The third-order valence-corrected chi connectivity index (χ3v) is 14.6. The first-order chi connectivity index (χ1) is 8.86. The maximum atomic E-state index is 2.36. The monoisotopic (exact) mass is 324 g/mol. The molecule has 0 N–H and O–H groups in total. The summed E-state index contributed by atoms with van der Waals surface area (Å²) in [5.41, 5.74) is 0.143. The Morgan fingerprint density at radius 2 is 1.44 bits per heavy atom. The van der Waals surface area contributed by atoms with Gasteiger partial charge in [0.05, 0.1) is 5.53 Å². The molecule has 1 aliphatic rings. The lowest BCUT2D eigenvalue weighted by Gasteiger charge is -2.25. The minimum absolute atomic E-state index is 0.143. The largest absolute Gasteiger partial charge is 0.112 e. The molecular weight excluding hydrogens is 295 g/mol. The fourth-order valence-electron chi connectivity index (χ4n) is 1.96. The summed E-state index contributed by atoms with van der Waals surface area (Å²) < 4.78 is 0. The lowest BCUT2D eigenvalue weighted by Crippen LogP contribution is -2.06. The normalized spacial score (nSPS) is 17.5. The molecule has 4 heteroatoms. The molecule has 1 rings (SSSR count). The van der Waals surface area contributed by atoms with E-state index in [4.69, 9.17) is 0 Å². The van der Waals surface area contributed by atoms with Gasteiger partial charge in [-0.2, -0.15) is 0 Å². The van der Waals surface area contributed by atoms with Crippen molar-refractivity contribution >= 4 is 39.7 Å². The van der Waals surface area contributed by atoms with Gasteiger partial charge in [0, 0.05) is 5.25 Å². The van der Waals surface area contributed by atoms with Gasteiger partial charge in [-0.05, 0) is 37.2 Å². The van der Waals surface area contributed by atoms with Crippen molar-refractivity contribution < 1.29 is 0 Å². The lowest BCUT2D eigenvalue weighted by molar-refractivity contribution is 0.517.